The summed E-state index contributed by atoms with van der Waals surface area (Å²) in [5.41, 5.74) is 14.6. The molecule has 4 rings (SSSR count). The molecule has 0 amide bonds. The highest BCUT2D eigenvalue weighted by atomic mass is 15.1. The molecule has 0 aliphatic carbocycles. The molecule has 1 saturated heterocycles. The SMILES string of the molecule is Cc1cc(C)cc(-c2cncc(/C=C/c3cncc(C#N)c3)c2N2CCC(N)CC2)c1. The standard InChI is InChI=1S/C26H27N5/c1-18-9-19(2)11-23(10-18)25-17-30-16-22(26(25)31-7-5-24(28)6-8-31)4-3-20-12-21(13-27)15-29-14-20/h3-4,9-12,14-17,24H,5-8,28H2,1-2H3/b4-3+. The minimum absolute atomic E-state index is 0.265. The van der Waals surface area contributed by atoms with E-state index in [-0.39, 0.29) is 6.04 Å². The van der Waals surface area contributed by atoms with Crippen LogP contribution >= 0.6 is 0 Å². The first kappa shape index (κ1) is 20.8. The smallest absolute Gasteiger partial charge is 0.101 e. The molecule has 0 bridgehead atoms. The fourth-order valence-corrected chi connectivity index (χ4v) is 4.21. The molecule has 5 nitrogen and oxygen atoms in total. The maximum absolute atomic E-state index is 9.15. The highest BCUT2D eigenvalue weighted by Gasteiger charge is 2.22. The summed E-state index contributed by atoms with van der Waals surface area (Å²) in [6.07, 6.45) is 13.2. The summed E-state index contributed by atoms with van der Waals surface area (Å²) in [4.78, 5) is 11.2. The van der Waals surface area contributed by atoms with Crippen LogP contribution in [0.25, 0.3) is 23.3 Å². The van der Waals surface area contributed by atoms with Gasteiger partial charge < -0.3 is 10.6 Å². The fraction of sp³-hybridized carbons (Fsp3) is 0.269. The Balaban J connectivity index is 1.80. The molecule has 0 saturated carbocycles. The van der Waals surface area contributed by atoms with Crippen molar-refractivity contribution in [3.8, 4) is 17.2 Å². The first-order valence-electron chi connectivity index (χ1n) is 10.6. The Morgan fingerprint density at radius 3 is 2.39 bits per heavy atom. The molecule has 0 spiro atoms. The third kappa shape index (κ3) is 4.82. The lowest BCUT2D eigenvalue weighted by Crippen LogP contribution is -2.40. The number of nitrogens with two attached hydrogens (primary N) is 1. The van der Waals surface area contributed by atoms with Gasteiger partial charge in [0.2, 0.25) is 0 Å². The highest BCUT2D eigenvalue weighted by molar-refractivity contribution is 5.87. The first-order chi connectivity index (χ1) is 15.0. The molecule has 3 heterocycles. The van der Waals surface area contributed by atoms with Crippen LogP contribution in [0.2, 0.25) is 0 Å². The molecule has 2 N–H and O–H groups in total. The summed E-state index contributed by atoms with van der Waals surface area (Å²) in [5.74, 6) is 0. The molecule has 1 aliphatic heterocycles. The Bertz CT molecular complexity index is 1130. The molecule has 3 aromatic rings. The van der Waals surface area contributed by atoms with Gasteiger partial charge in [0, 0.05) is 55.0 Å². The maximum Gasteiger partial charge on any atom is 0.101 e. The van der Waals surface area contributed by atoms with E-state index in [1.807, 2.05) is 24.5 Å². The van der Waals surface area contributed by atoms with Crippen molar-refractivity contribution in [2.75, 3.05) is 18.0 Å². The Hall–Kier alpha value is -3.49. The zero-order valence-electron chi connectivity index (χ0n) is 18.0. The molecule has 1 aromatic carbocycles. The van der Waals surface area contributed by atoms with E-state index in [2.05, 4.69) is 59.1 Å². The summed E-state index contributed by atoms with van der Waals surface area (Å²) in [6.45, 7) is 6.11. The van der Waals surface area contributed by atoms with Crippen LogP contribution in [-0.4, -0.2) is 29.1 Å². The number of hydrogen-bond acceptors (Lipinski definition) is 5. The second-order valence-electron chi connectivity index (χ2n) is 8.28. The van der Waals surface area contributed by atoms with Gasteiger partial charge in [-0.2, -0.15) is 5.26 Å². The monoisotopic (exact) mass is 409 g/mol. The van der Waals surface area contributed by atoms with Crippen molar-refractivity contribution in [3.63, 3.8) is 0 Å². The topological polar surface area (TPSA) is 78.8 Å². The van der Waals surface area contributed by atoms with Crippen LogP contribution in [0.1, 0.15) is 40.7 Å². The number of hydrogen-bond donors (Lipinski definition) is 1. The third-order valence-corrected chi connectivity index (χ3v) is 5.68. The number of anilines is 1. The van der Waals surface area contributed by atoms with Crippen molar-refractivity contribution >= 4 is 17.8 Å². The van der Waals surface area contributed by atoms with Crippen LogP contribution < -0.4 is 10.6 Å². The van der Waals surface area contributed by atoms with Crippen LogP contribution in [0, 0.1) is 25.2 Å². The van der Waals surface area contributed by atoms with E-state index in [1.54, 1.807) is 12.4 Å². The number of nitrogens with zero attached hydrogens (tertiary/aromatic N) is 4. The molecule has 156 valence electrons. The van der Waals surface area contributed by atoms with Crippen molar-refractivity contribution in [3.05, 3.63) is 76.9 Å². The lowest BCUT2D eigenvalue weighted by Gasteiger charge is -2.34. The second-order valence-corrected chi connectivity index (χ2v) is 8.28. The predicted octanol–water partition coefficient (Wildman–Crippen LogP) is 4.73. The van der Waals surface area contributed by atoms with Gasteiger partial charge in [0.25, 0.3) is 0 Å². The van der Waals surface area contributed by atoms with Crippen LogP contribution in [0.4, 0.5) is 5.69 Å². The molecule has 5 heteroatoms. The van der Waals surface area contributed by atoms with E-state index >= 15 is 0 Å². The highest BCUT2D eigenvalue weighted by Crippen LogP contribution is 2.36. The van der Waals surface area contributed by atoms with Crippen molar-refractivity contribution in [2.45, 2.75) is 32.7 Å². The van der Waals surface area contributed by atoms with Gasteiger partial charge in [-0.05, 0) is 43.9 Å². The Kier molecular flexibility index (Phi) is 6.11. The zero-order chi connectivity index (χ0) is 21.8. The largest absolute Gasteiger partial charge is 0.370 e. The average molecular weight is 410 g/mol. The van der Waals surface area contributed by atoms with Crippen molar-refractivity contribution in [1.29, 1.82) is 5.26 Å². The summed E-state index contributed by atoms with van der Waals surface area (Å²) in [7, 11) is 0. The van der Waals surface area contributed by atoms with Gasteiger partial charge in [-0.3, -0.25) is 9.97 Å². The van der Waals surface area contributed by atoms with Crippen LogP contribution in [0.15, 0.2) is 49.1 Å². The van der Waals surface area contributed by atoms with Crippen molar-refractivity contribution < 1.29 is 0 Å². The van der Waals surface area contributed by atoms with Gasteiger partial charge >= 0.3 is 0 Å². The molecule has 0 atom stereocenters. The lowest BCUT2D eigenvalue weighted by atomic mass is 9.96. The summed E-state index contributed by atoms with van der Waals surface area (Å²) in [5, 5.41) is 9.15. The summed E-state index contributed by atoms with van der Waals surface area (Å²) in [6, 6.07) is 10.9. The number of rotatable bonds is 4. The van der Waals surface area contributed by atoms with E-state index < -0.39 is 0 Å². The molecule has 31 heavy (non-hydrogen) atoms. The fourth-order valence-electron chi connectivity index (χ4n) is 4.21. The Labute approximate surface area is 183 Å². The van der Waals surface area contributed by atoms with Gasteiger partial charge in [-0.25, -0.2) is 0 Å². The first-order valence-corrected chi connectivity index (χ1v) is 10.6. The van der Waals surface area contributed by atoms with Gasteiger partial charge in [-0.15, -0.1) is 0 Å². The normalized spacial score (nSPS) is 14.7. The van der Waals surface area contributed by atoms with Crippen LogP contribution in [0.5, 0.6) is 0 Å². The van der Waals surface area contributed by atoms with Gasteiger partial charge in [-0.1, -0.05) is 41.5 Å². The van der Waals surface area contributed by atoms with E-state index in [1.165, 1.54) is 22.4 Å². The van der Waals surface area contributed by atoms with E-state index in [4.69, 9.17) is 11.0 Å². The molecule has 0 unspecified atom stereocenters. The number of aryl methyl sites for hydroxylation is 2. The molecule has 1 aliphatic rings. The van der Waals surface area contributed by atoms with Gasteiger partial charge in [0.05, 0.1) is 11.3 Å². The lowest BCUT2D eigenvalue weighted by molar-refractivity contribution is 0.501. The van der Waals surface area contributed by atoms with E-state index in [9.17, 15) is 0 Å². The molecular weight excluding hydrogens is 382 g/mol. The molecule has 2 aromatic heterocycles. The van der Waals surface area contributed by atoms with Gasteiger partial charge in [0.15, 0.2) is 0 Å². The summed E-state index contributed by atoms with van der Waals surface area (Å²) < 4.78 is 0. The molecule has 0 radical (unpaired) electrons. The Morgan fingerprint density at radius 2 is 1.68 bits per heavy atom. The number of benzene rings is 1. The number of pyridine rings is 2. The van der Waals surface area contributed by atoms with Crippen molar-refractivity contribution in [2.24, 2.45) is 5.73 Å². The molecular formula is C26H27N5. The van der Waals surface area contributed by atoms with Crippen LogP contribution in [0.3, 0.4) is 0 Å². The van der Waals surface area contributed by atoms with Crippen molar-refractivity contribution in [1.82, 2.24) is 9.97 Å². The van der Waals surface area contributed by atoms with E-state index in [0.29, 0.717) is 5.56 Å². The third-order valence-electron chi connectivity index (χ3n) is 5.68. The molecule has 1 fully saturated rings. The zero-order valence-corrected chi connectivity index (χ0v) is 18.0. The quantitative estimate of drug-likeness (QED) is 0.674. The predicted molar refractivity (Wildman–Crippen MR) is 126 cm³/mol. The average Bonchev–Trinajstić information content (AvgIpc) is 2.77. The number of piperidine rings is 1. The second kappa shape index (κ2) is 9.11. The van der Waals surface area contributed by atoms with Gasteiger partial charge in [0.1, 0.15) is 6.07 Å². The Morgan fingerprint density at radius 1 is 0.968 bits per heavy atom. The maximum atomic E-state index is 9.15. The minimum Gasteiger partial charge on any atom is -0.370 e. The summed E-state index contributed by atoms with van der Waals surface area (Å²) >= 11 is 0. The minimum atomic E-state index is 0.265. The van der Waals surface area contributed by atoms with E-state index in [0.717, 1.165) is 42.6 Å². The van der Waals surface area contributed by atoms with Crippen LogP contribution in [-0.2, 0) is 0 Å². The number of nitriles is 1. The number of aromatic nitrogens is 2.